The van der Waals surface area contributed by atoms with Crippen molar-refractivity contribution >= 4 is 17.9 Å². The minimum Gasteiger partial charge on any atom is -0.462 e. The zero-order valence-electron chi connectivity index (χ0n) is 53.2. The number of ether oxygens (including phenoxy) is 3. The van der Waals surface area contributed by atoms with Crippen LogP contribution in [0.2, 0.25) is 0 Å². The number of esters is 3. The van der Waals surface area contributed by atoms with Crippen LogP contribution in [0.25, 0.3) is 0 Å². The maximum absolute atomic E-state index is 12.9. The Morgan fingerprint density at radius 2 is 0.494 bits per heavy atom. The van der Waals surface area contributed by atoms with E-state index in [1.54, 1.807) is 0 Å². The largest absolute Gasteiger partial charge is 0.462 e. The molecule has 0 aromatic rings. The van der Waals surface area contributed by atoms with Gasteiger partial charge in [-0.15, -0.1) is 0 Å². The van der Waals surface area contributed by atoms with Crippen LogP contribution in [0.3, 0.4) is 0 Å². The van der Waals surface area contributed by atoms with Gasteiger partial charge in [-0.05, 0) is 57.8 Å². The standard InChI is InChI=1S/C73H134O6/c1-4-7-10-13-16-19-21-23-25-27-29-31-32-33-34-35-36-37-38-39-40-41-43-44-46-48-50-52-54-57-60-63-66-72(75)78-69-70(68-77-71(74)65-62-59-56-18-15-12-9-6-3)79-73(76)67-64-61-58-55-53-51-49-47-45-42-30-28-26-24-22-20-17-14-11-8-5-2/h8,11,17,20,24,26,30,42,70H,4-7,9-10,12-16,18-19,21-23,25,27-29,31-41,43-69H2,1-3H3/b11-8-,20-17-,26-24-,42-30-. The van der Waals surface area contributed by atoms with E-state index >= 15 is 0 Å². The molecule has 0 saturated carbocycles. The van der Waals surface area contributed by atoms with Crippen LogP contribution in [-0.2, 0) is 28.6 Å². The minimum absolute atomic E-state index is 0.0719. The first-order chi connectivity index (χ1) is 39.0. The first-order valence-electron chi connectivity index (χ1n) is 35.1. The lowest BCUT2D eigenvalue weighted by molar-refractivity contribution is -0.167. The molecule has 0 heterocycles. The number of hydrogen-bond donors (Lipinski definition) is 0. The molecule has 0 aliphatic rings. The fraction of sp³-hybridized carbons (Fsp3) is 0.849. The van der Waals surface area contributed by atoms with Crippen molar-refractivity contribution in [3.05, 3.63) is 48.6 Å². The molecule has 0 rings (SSSR count). The van der Waals surface area contributed by atoms with Gasteiger partial charge in [0.2, 0.25) is 0 Å². The summed E-state index contributed by atoms with van der Waals surface area (Å²) in [5, 5.41) is 0. The number of rotatable bonds is 65. The molecule has 79 heavy (non-hydrogen) atoms. The molecular weight excluding hydrogens is 973 g/mol. The second kappa shape index (κ2) is 67.9. The van der Waals surface area contributed by atoms with Gasteiger partial charge in [-0.3, -0.25) is 14.4 Å². The molecular formula is C73H134O6. The Labute approximate surface area is 492 Å². The van der Waals surface area contributed by atoms with Crippen molar-refractivity contribution in [1.29, 1.82) is 0 Å². The molecule has 0 amide bonds. The highest BCUT2D eigenvalue weighted by atomic mass is 16.6. The summed E-state index contributed by atoms with van der Waals surface area (Å²) in [6.45, 7) is 6.55. The predicted molar refractivity (Wildman–Crippen MR) is 344 cm³/mol. The Bertz CT molecular complexity index is 1360. The molecule has 6 heteroatoms. The fourth-order valence-corrected chi connectivity index (χ4v) is 10.6. The average Bonchev–Trinajstić information content (AvgIpc) is 3.45. The van der Waals surface area contributed by atoms with Gasteiger partial charge in [-0.2, -0.15) is 0 Å². The van der Waals surface area contributed by atoms with E-state index < -0.39 is 6.10 Å². The van der Waals surface area contributed by atoms with Gasteiger partial charge in [0, 0.05) is 19.3 Å². The number of hydrogen-bond acceptors (Lipinski definition) is 6. The van der Waals surface area contributed by atoms with E-state index in [-0.39, 0.29) is 31.1 Å². The van der Waals surface area contributed by atoms with Crippen LogP contribution < -0.4 is 0 Å². The Morgan fingerprint density at radius 1 is 0.266 bits per heavy atom. The Balaban J connectivity index is 4.02. The lowest BCUT2D eigenvalue weighted by atomic mass is 10.0. The molecule has 0 bridgehead atoms. The summed E-state index contributed by atoms with van der Waals surface area (Å²) in [4.78, 5) is 38.2. The Kier molecular flexibility index (Phi) is 65.6. The lowest BCUT2D eigenvalue weighted by Gasteiger charge is -2.18. The van der Waals surface area contributed by atoms with Crippen molar-refractivity contribution in [2.75, 3.05) is 13.2 Å². The minimum atomic E-state index is -0.774. The van der Waals surface area contributed by atoms with E-state index in [1.165, 1.54) is 250 Å². The first-order valence-corrected chi connectivity index (χ1v) is 35.1. The van der Waals surface area contributed by atoms with Gasteiger partial charge in [0.05, 0.1) is 0 Å². The fourth-order valence-electron chi connectivity index (χ4n) is 10.6. The maximum Gasteiger partial charge on any atom is 0.306 e. The molecule has 0 aliphatic carbocycles. The molecule has 1 atom stereocenters. The highest BCUT2D eigenvalue weighted by molar-refractivity contribution is 5.71. The van der Waals surface area contributed by atoms with Crippen molar-refractivity contribution in [3.8, 4) is 0 Å². The Morgan fingerprint density at radius 3 is 0.772 bits per heavy atom. The number of carbonyl (C=O) groups excluding carboxylic acids is 3. The third-order valence-corrected chi connectivity index (χ3v) is 15.8. The van der Waals surface area contributed by atoms with E-state index in [2.05, 4.69) is 69.4 Å². The van der Waals surface area contributed by atoms with Crippen molar-refractivity contribution in [1.82, 2.24) is 0 Å². The van der Waals surface area contributed by atoms with E-state index in [9.17, 15) is 14.4 Å². The smallest absolute Gasteiger partial charge is 0.306 e. The first kappa shape index (κ1) is 76.4. The third-order valence-electron chi connectivity index (χ3n) is 15.8. The summed E-state index contributed by atoms with van der Waals surface area (Å²) in [6, 6.07) is 0. The van der Waals surface area contributed by atoms with Gasteiger partial charge in [-0.25, -0.2) is 0 Å². The summed E-state index contributed by atoms with van der Waals surface area (Å²) in [7, 11) is 0. The average molecular weight is 1110 g/mol. The van der Waals surface area contributed by atoms with Gasteiger partial charge >= 0.3 is 17.9 Å². The van der Waals surface area contributed by atoms with Gasteiger partial charge in [0.1, 0.15) is 13.2 Å². The number of unbranched alkanes of at least 4 members (excludes halogenated alkanes) is 46. The molecule has 0 saturated heterocycles. The van der Waals surface area contributed by atoms with Crippen LogP contribution in [0.4, 0.5) is 0 Å². The van der Waals surface area contributed by atoms with Crippen LogP contribution in [0.1, 0.15) is 380 Å². The predicted octanol–water partition coefficient (Wildman–Crippen LogP) is 24.1. The van der Waals surface area contributed by atoms with Gasteiger partial charge in [0.25, 0.3) is 0 Å². The second-order valence-corrected chi connectivity index (χ2v) is 23.8. The second-order valence-electron chi connectivity index (χ2n) is 23.8. The highest BCUT2D eigenvalue weighted by Gasteiger charge is 2.19. The van der Waals surface area contributed by atoms with Crippen LogP contribution in [0.5, 0.6) is 0 Å². The normalized spacial score (nSPS) is 12.3. The SMILES string of the molecule is CC/C=C\C/C=C\C/C=C\C/C=C\CCCCCCCCCCC(=O)OC(COC(=O)CCCCCCCCCC)COC(=O)CCCCCCCCCCCCCCCCCCCCCCCCCCCCCCCCCC. The molecule has 1 unspecified atom stereocenters. The zero-order valence-corrected chi connectivity index (χ0v) is 53.2. The number of allylic oxidation sites excluding steroid dienone is 8. The van der Waals surface area contributed by atoms with Crippen LogP contribution in [-0.4, -0.2) is 37.2 Å². The highest BCUT2D eigenvalue weighted by Crippen LogP contribution is 2.19. The zero-order chi connectivity index (χ0) is 57.1. The van der Waals surface area contributed by atoms with Crippen molar-refractivity contribution in [2.45, 2.75) is 386 Å². The van der Waals surface area contributed by atoms with E-state index in [0.717, 1.165) is 89.9 Å². The molecule has 0 aromatic heterocycles. The quantitative estimate of drug-likeness (QED) is 0.0261. The summed E-state index contributed by atoms with van der Waals surface area (Å²) < 4.78 is 16.9. The van der Waals surface area contributed by atoms with Crippen LogP contribution in [0.15, 0.2) is 48.6 Å². The topological polar surface area (TPSA) is 78.9 Å². The van der Waals surface area contributed by atoms with Crippen LogP contribution >= 0.6 is 0 Å². The molecule has 0 aliphatic heterocycles. The lowest BCUT2D eigenvalue weighted by Crippen LogP contribution is -2.30. The number of carbonyl (C=O) groups is 3. The van der Waals surface area contributed by atoms with Gasteiger partial charge in [-0.1, -0.05) is 352 Å². The summed E-state index contributed by atoms with van der Waals surface area (Å²) in [6.07, 6.45) is 86.0. The van der Waals surface area contributed by atoms with Crippen molar-refractivity contribution in [3.63, 3.8) is 0 Å². The van der Waals surface area contributed by atoms with Crippen molar-refractivity contribution < 1.29 is 28.6 Å². The summed E-state index contributed by atoms with van der Waals surface area (Å²) in [5.74, 6) is -0.863. The van der Waals surface area contributed by atoms with Crippen LogP contribution in [0, 0.1) is 0 Å². The van der Waals surface area contributed by atoms with E-state index in [0.29, 0.717) is 19.3 Å². The van der Waals surface area contributed by atoms with E-state index in [4.69, 9.17) is 14.2 Å². The molecule has 0 fully saturated rings. The third kappa shape index (κ3) is 66.1. The molecule has 0 N–H and O–H groups in total. The van der Waals surface area contributed by atoms with Gasteiger partial charge in [0.15, 0.2) is 6.10 Å². The monoisotopic (exact) mass is 1110 g/mol. The van der Waals surface area contributed by atoms with Crippen molar-refractivity contribution in [2.24, 2.45) is 0 Å². The Hall–Kier alpha value is -2.63. The molecule has 462 valence electrons. The van der Waals surface area contributed by atoms with Gasteiger partial charge < -0.3 is 14.2 Å². The molecule has 0 aromatic carbocycles. The summed E-state index contributed by atoms with van der Waals surface area (Å²) >= 11 is 0. The molecule has 0 spiro atoms. The van der Waals surface area contributed by atoms with E-state index in [1.807, 2.05) is 0 Å². The molecule has 0 radical (unpaired) electrons. The summed E-state index contributed by atoms with van der Waals surface area (Å²) in [5.41, 5.74) is 0. The maximum atomic E-state index is 12.9. The molecule has 6 nitrogen and oxygen atoms in total.